The van der Waals surface area contributed by atoms with E-state index in [-0.39, 0.29) is 23.1 Å². The van der Waals surface area contributed by atoms with Gasteiger partial charge in [-0.3, -0.25) is 9.59 Å². The summed E-state index contributed by atoms with van der Waals surface area (Å²) in [6.07, 6.45) is 3.57. The fraction of sp³-hybridized carbons (Fsp3) is 0.667. The van der Waals surface area contributed by atoms with Crippen LogP contribution in [0, 0.1) is 0 Å². The number of carbonyl (C=O) groups is 2. The number of likely N-dealkylation sites (N-methyl/N-ethyl adjacent to an activating group) is 1. The molecule has 2 amide bonds. The second kappa shape index (κ2) is 6.02. The summed E-state index contributed by atoms with van der Waals surface area (Å²) in [5.74, 6) is -0.00292. The maximum atomic E-state index is 12.0. The van der Waals surface area contributed by atoms with Gasteiger partial charge in [0, 0.05) is 24.6 Å². The third-order valence-corrected chi connectivity index (χ3v) is 5.64. The predicted molar refractivity (Wildman–Crippen MR) is 75.9 cm³/mol. The van der Waals surface area contributed by atoms with Crippen LogP contribution in [0.3, 0.4) is 0 Å². The van der Waals surface area contributed by atoms with Crippen molar-refractivity contribution in [1.29, 1.82) is 0 Å². The second-order valence-corrected chi connectivity index (χ2v) is 6.84. The number of hydrogen-bond acceptors (Lipinski definition) is 4. The van der Waals surface area contributed by atoms with Crippen LogP contribution in [0.5, 0.6) is 0 Å². The highest BCUT2D eigenvalue weighted by atomic mass is 33.1. The van der Waals surface area contributed by atoms with Crippen molar-refractivity contribution in [2.45, 2.75) is 43.9 Å². The van der Waals surface area contributed by atoms with Gasteiger partial charge in [-0.2, -0.15) is 0 Å². The zero-order chi connectivity index (χ0) is 13.1. The van der Waals surface area contributed by atoms with Crippen molar-refractivity contribution in [2.24, 2.45) is 0 Å². The molecule has 2 rings (SSSR count). The molecule has 0 spiro atoms. The topological polar surface area (TPSA) is 49.4 Å². The lowest BCUT2D eigenvalue weighted by atomic mass is 10.1. The molecular weight excluding hydrogens is 268 g/mol. The smallest absolute Gasteiger partial charge is 0.250 e. The van der Waals surface area contributed by atoms with Crippen LogP contribution in [0.4, 0.5) is 0 Å². The number of nitrogens with zero attached hydrogens (tertiary/aromatic N) is 1. The molecule has 0 saturated carbocycles. The molecule has 2 aliphatic heterocycles. The quantitative estimate of drug-likeness (QED) is 0.621. The van der Waals surface area contributed by atoms with Gasteiger partial charge in [-0.1, -0.05) is 41.4 Å². The minimum Gasteiger partial charge on any atom is -0.343 e. The van der Waals surface area contributed by atoms with Crippen LogP contribution in [-0.2, 0) is 9.59 Å². The van der Waals surface area contributed by atoms with Gasteiger partial charge in [0.1, 0.15) is 6.04 Å². The van der Waals surface area contributed by atoms with E-state index in [2.05, 4.69) is 12.2 Å². The standard InChI is InChI=1S/C12H18N2O2S2/c1-3-4-5-6-9(15)13-10-11-8(7-17-18-11)14(2)12(10)16/h7,10-11H,3-6H2,1-2H3,(H,13,15). The van der Waals surface area contributed by atoms with Crippen molar-refractivity contribution in [3.8, 4) is 0 Å². The molecule has 2 heterocycles. The molecule has 0 radical (unpaired) electrons. The number of rotatable bonds is 5. The Labute approximate surface area is 115 Å². The van der Waals surface area contributed by atoms with E-state index < -0.39 is 0 Å². The lowest BCUT2D eigenvalue weighted by Gasteiger charge is -2.15. The Morgan fingerprint density at radius 1 is 1.50 bits per heavy atom. The first kappa shape index (κ1) is 13.8. The number of nitrogens with one attached hydrogen (secondary N) is 1. The fourth-order valence-corrected chi connectivity index (χ4v) is 4.87. The number of hydrogen-bond donors (Lipinski definition) is 1. The SMILES string of the molecule is CCCCCC(=O)NC1C(=O)N(C)C2=CSSC21. The van der Waals surface area contributed by atoms with Crippen LogP contribution >= 0.6 is 21.6 Å². The summed E-state index contributed by atoms with van der Waals surface area (Å²) in [4.78, 5) is 25.5. The number of carbonyl (C=O) groups excluding carboxylic acids is 2. The van der Waals surface area contributed by atoms with Gasteiger partial charge in [0.2, 0.25) is 5.91 Å². The molecule has 18 heavy (non-hydrogen) atoms. The predicted octanol–water partition coefficient (Wildman–Crippen LogP) is 2.13. The fourth-order valence-electron chi connectivity index (χ4n) is 2.13. The molecular formula is C12H18N2O2S2. The third kappa shape index (κ3) is 2.69. The van der Waals surface area contributed by atoms with Gasteiger partial charge in [0.05, 0.1) is 5.25 Å². The van der Waals surface area contributed by atoms with Crippen molar-refractivity contribution < 1.29 is 9.59 Å². The Morgan fingerprint density at radius 2 is 2.28 bits per heavy atom. The van der Waals surface area contributed by atoms with Gasteiger partial charge >= 0.3 is 0 Å². The molecule has 0 aromatic rings. The van der Waals surface area contributed by atoms with E-state index in [0.29, 0.717) is 6.42 Å². The Balaban J connectivity index is 1.91. The van der Waals surface area contributed by atoms with E-state index in [9.17, 15) is 9.59 Å². The van der Waals surface area contributed by atoms with Crippen molar-refractivity contribution >= 4 is 33.4 Å². The molecule has 0 aliphatic carbocycles. The summed E-state index contributed by atoms with van der Waals surface area (Å²) in [6.45, 7) is 2.11. The molecule has 1 saturated heterocycles. The highest BCUT2D eigenvalue weighted by molar-refractivity contribution is 8.78. The van der Waals surface area contributed by atoms with Crippen LogP contribution < -0.4 is 5.32 Å². The number of likely N-dealkylation sites (tertiary alicyclic amines) is 1. The number of unbranched alkanes of at least 4 members (excludes halogenated alkanes) is 2. The highest BCUT2D eigenvalue weighted by Crippen LogP contribution is 2.46. The summed E-state index contributed by atoms with van der Waals surface area (Å²) in [5, 5.41) is 4.97. The van der Waals surface area contributed by atoms with E-state index in [4.69, 9.17) is 0 Å². The molecule has 0 aromatic carbocycles. The molecule has 2 atom stereocenters. The van der Waals surface area contributed by atoms with E-state index in [1.807, 2.05) is 5.41 Å². The van der Waals surface area contributed by atoms with Gasteiger partial charge in [0.25, 0.3) is 5.91 Å². The molecule has 2 unspecified atom stereocenters. The number of amides is 2. The monoisotopic (exact) mass is 286 g/mol. The van der Waals surface area contributed by atoms with Crippen molar-refractivity contribution in [3.05, 3.63) is 11.1 Å². The average molecular weight is 286 g/mol. The van der Waals surface area contributed by atoms with Gasteiger partial charge < -0.3 is 10.2 Å². The van der Waals surface area contributed by atoms with E-state index in [1.54, 1.807) is 33.5 Å². The maximum Gasteiger partial charge on any atom is 0.250 e. The van der Waals surface area contributed by atoms with Gasteiger partial charge in [0.15, 0.2) is 0 Å². The van der Waals surface area contributed by atoms with Crippen LogP contribution in [0.15, 0.2) is 11.1 Å². The largest absolute Gasteiger partial charge is 0.343 e. The van der Waals surface area contributed by atoms with Crippen molar-refractivity contribution in [2.75, 3.05) is 7.05 Å². The van der Waals surface area contributed by atoms with Crippen molar-refractivity contribution in [3.63, 3.8) is 0 Å². The Bertz CT molecular complexity index is 384. The zero-order valence-electron chi connectivity index (χ0n) is 10.6. The molecule has 0 aromatic heterocycles. The van der Waals surface area contributed by atoms with Gasteiger partial charge in [-0.05, 0) is 6.42 Å². The third-order valence-electron chi connectivity index (χ3n) is 3.23. The zero-order valence-corrected chi connectivity index (χ0v) is 12.3. The lowest BCUT2D eigenvalue weighted by molar-refractivity contribution is -0.131. The van der Waals surface area contributed by atoms with Crippen LogP contribution in [0.2, 0.25) is 0 Å². The highest BCUT2D eigenvalue weighted by Gasteiger charge is 2.46. The summed E-state index contributed by atoms with van der Waals surface area (Å²) < 4.78 is 0. The summed E-state index contributed by atoms with van der Waals surface area (Å²) in [5.41, 5.74) is 1.02. The lowest BCUT2D eigenvalue weighted by Crippen LogP contribution is -2.44. The molecule has 4 nitrogen and oxygen atoms in total. The first-order valence-corrected chi connectivity index (χ1v) is 8.52. The van der Waals surface area contributed by atoms with Crippen molar-refractivity contribution in [1.82, 2.24) is 10.2 Å². The van der Waals surface area contributed by atoms with E-state index in [1.165, 1.54) is 0 Å². The molecule has 6 heteroatoms. The van der Waals surface area contributed by atoms with Crippen LogP contribution in [0.1, 0.15) is 32.6 Å². The summed E-state index contributed by atoms with van der Waals surface area (Å²) >= 11 is 0. The minimum atomic E-state index is -0.379. The first-order chi connectivity index (χ1) is 8.65. The molecule has 0 bridgehead atoms. The summed E-state index contributed by atoms with van der Waals surface area (Å²) in [6, 6.07) is -0.379. The van der Waals surface area contributed by atoms with E-state index >= 15 is 0 Å². The van der Waals surface area contributed by atoms with Crippen LogP contribution in [0.25, 0.3) is 0 Å². The molecule has 2 aliphatic rings. The normalized spacial score (nSPS) is 26.2. The summed E-state index contributed by atoms with van der Waals surface area (Å²) in [7, 11) is 5.05. The van der Waals surface area contributed by atoms with Crippen LogP contribution in [-0.4, -0.2) is 35.1 Å². The van der Waals surface area contributed by atoms with E-state index in [0.717, 1.165) is 25.0 Å². The molecule has 1 fully saturated rings. The van der Waals surface area contributed by atoms with Gasteiger partial charge in [-0.25, -0.2) is 0 Å². The molecule has 100 valence electrons. The average Bonchev–Trinajstić information content (AvgIpc) is 2.90. The Morgan fingerprint density at radius 3 is 3.00 bits per heavy atom. The van der Waals surface area contributed by atoms with Gasteiger partial charge in [-0.15, -0.1) is 0 Å². The maximum absolute atomic E-state index is 12.0. The molecule has 1 N–H and O–H groups in total. The minimum absolute atomic E-state index is 0.00268. The number of fused-ring (bicyclic) bond motifs is 1. The Hall–Kier alpha value is -0.620. The Kier molecular flexibility index (Phi) is 4.61. The first-order valence-electron chi connectivity index (χ1n) is 6.24. The second-order valence-electron chi connectivity index (χ2n) is 4.56.